The van der Waals surface area contributed by atoms with Gasteiger partial charge in [0.25, 0.3) is 0 Å². The summed E-state index contributed by atoms with van der Waals surface area (Å²) >= 11 is 7.06. The summed E-state index contributed by atoms with van der Waals surface area (Å²) in [7, 11) is 0. The second-order valence-electron chi connectivity index (χ2n) is 3.75. The second-order valence-corrected chi connectivity index (χ2v) is 6.56. The largest absolute Gasteiger partial charge is 0.229 e. The minimum Gasteiger partial charge on any atom is -0.229 e. The number of benzene rings is 1. The maximum absolute atomic E-state index is 4.46. The molecule has 0 N–H and O–H groups in total. The molecule has 0 atom stereocenters. The Kier molecular flexibility index (Phi) is 3.05. The van der Waals surface area contributed by atoms with Crippen molar-refractivity contribution in [3.8, 4) is 10.6 Å². The molecule has 82 valence electrons. The number of aryl methyl sites for hydroxylation is 1. The van der Waals surface area contributed by atoms with Crippen LogP contribution in [0.3, 0.4) is 0 Å². The predicted molar refractivity (Wildman–Crippen MR) is 74.3 cm³/mol. The molecule has 1 aromatic heterocycles. The Morgan fingerprint density at radius 2 is 2.25 bits per heavy atom. The molecule has 2 aromatic rings. The number of thiazole rings is 1. The van der Waals surface area contributed by atoms with E-state index in [1.54, 1.807) is 11.3 Å². The van der Waals surface area contributed by atoms with Gasteiger partial charge >= 0.3 is 0 Å². The average molecular weight is 312 g/mol. The zero-order valence-corrected chi connectivity index (χ0v) is 11.8. The molecule has 0 fully saturated rings. The summed E-state index contributed by atoms with van der Waals surface area (Å²) in [5.74, 6) is 1.26. The summed E-state index contributed by atoms with van der Waals surface area (Å²) in [6.45, 7) is 0. The Labute approximate surface area is 111 Å². The molecule has 0 aliphatic carbocycles. The van der Waals surface area contributed by atoms with Crippen LogP contribution in [0.2, 0.25) is 0 Å². The van der Waals surface area contributed by atoms with Gasteiger partial charge in [-0.1, -0.05) is 6.07 Å². The normalized spacial score (nSPS) is 14.8. The maximum atomic E-state index is 4.46. The SMILES string of the molecule is Brc1csc(-c2ccc3c(c2)CCCS3)n1. The van der Waals surface area contributed by atoms with Gasteiger partial charge < -0.3 is 0 Å². The first-order valence-electron chi connectivity index (χ1n) is 5.20. The van der Waals surface area contributed by atoms with Gasteiger partial charge in [0, 0.05) is 15.8 Å². The lowest BCUT2D eigenvalue weighted by molar-refractivity contribution is 0.890. The van der Waals surface area contributed by atoms with Crippen molar-refractivity contribution in [2.45, 2.75) is 17.7 Å². The minimum atomic E-state index is 0.930. The van der Waals surface area contributed by atoms with Crippen molar-refractivity contribution in [1.29, 1.82) is 0 Å². The molecular weight excluding hydrogens is 302 g/mol. The van der Waals surface area contributed by atoms with Gasteiger partial charge in [0.1, 0.15) is 9.61 Å². The zero-order chi connectivity index (χ0) is 11.0. The van der Waals surface area contributed by atoms with Crippen molar-refractivity contribution in [1.82, 2.24) is 4.98 Å². The minimum absolute atomic E-state index is 0.930. The molecule has 0 radical (unpaired) electrons. The van der Waals surface area contributed by atoms with E-state index in [1.165, 1.54) is 34.6 Å². The molecule has 1 aromatic carbocycles. The Bertz CT molecular complexity index is 521. The Morgan fingerprint density at radius 1 is 1.31 bits per heavy atom. The molecule has 1 nitrogen and oxygen atoms in total. The van der Waals surface area contributed by atoms with E-state index < -0.39 is 0 Å². The van der Waals surface area contributed by atoms with E-state index >= 15 is 0 Å². The molecule has 0 spiro atoms. The summed E-state index contributed by atoms with van der Waals surface area (Å²) in [6, 6.07) is 6.72. The summed E-state index contributed by atoms with van der Waals surface area (Å²) in [5, 5.41) is 3.13. The van der Waals surface area contributed by atoms with Crippen LogP contribution < -0.4 is 0 Å². The predicted octanol–water partition coefficient (Wildman–Crippen LogP) is 4.61. The maximum Gasteiger partial charge on any atom is 0.124 e. The third kappa shape index (κ3) is 2.06. The van der Waals surface area contributed by atoms with E-state index in [0.29, 0.717) is 0 Å². The van der Waals surface area contributed by atoms with Crippen molar-refractivity contribution >= 4 is 39.0 Å². The van der Waals surface area contributed by atoms with E-state index in [4.69, 9.17) is 0 Å². The number of hydrogen-bond donors (Lipinski definition) is 0. The highest BCUT2D eigenvalue weighted by molar-refractivity contribution is 9.10. The number of nitrogens with zero attached hydrogens (tertiary/aromatic N) is 1. The van der Waals surface area contributed by atoms with Crippen LogP contribution in [0.1, 0.15) is 12.0 Å². The fourth-order valence-corrected chi connectivity index (χ4v) is 4.15. The third-order valence-electron chi connectivity index (χ3n) is 2.63. The highest BCUT2D eigenvalue weighted by Gasteiger charge is 2.11. The van der Waals surface area contributed by atoms with Gasteiger partial charge in [-0.3, -0.25) is 0 Å². The first kappa shape index (κ1) is 10.8. The Morgan fingerprint density at radius 3 is 3.06 bits per heavy atom. The van der Waals surface area contributed by atoms with Crippen molar-refractivity contribution < 1.29 is 0 Å². The van der Waals surface area contributed by atoms with E-state index in [0.717, 1.165) is 9.61 Å². The van der Waals surface area contributed by atoms with Crippen molar-refractivity contribution in [3.63, 3.8) is 0 Å². The molecule has 3 rings (SSSR count). The number of aromatic nitrogens is 1. The first-order chi connectivity index (χ1) is 7.83. The zero-order valence-electron chi connectivity index (χ0n) is 8.57. The average Bonchev–Trinajstić information content (AvgIpc) is 2.75. The number of hydrogen-bond acceptors (Lipinski definition) is 3. The second kappa shape index (κ2) is 4.51. The lowest BCUT2D eigenvalue weighted by atomic mass is 10.1. The highest BCUT2D eigenvalue weighted by atomic mass is 79.9. The molecule has 1 aliphatic rings. The highest BCUT2D eigenvalue weighted by Crippen LogP contribution is 2.34. The molecule has 0 bridgehead atoms. The van der Waals surface area contributed by atoms with Crippen LogP contribution in [0.4, 0.5) is 0 Å². The van der Waals surface area contributed by atoms with Gasteiger partial charge in [-0.25, -0.2) is 4.98 Å². The fraction of sp³-hybridized carbons (Fsp3) is 0.250. The molecule has 0 saturated carbocycles. The first-order valence-corrected chi connectivity index (χ1v) is 7.86. The van der Waals surface area contributed by atoms with Crippen LogP contribution in [0.25, 0.3) is 10.6 Å². The summed E-state index contributed by atoms with van der Waals surface area (Å²) < 4.78 is 0.930. The Balaban J connectivity index is 2.02. The molecule has 4 heteroatoms. The molecule has 0 unspecified atom stereocenters. The molecule has 16 heavy (non-hydrogen) atoms. The molecule has 0 amide bonds. The van der Waals surface area contributed by atoms with Crippen molar-refractivity contribution in [3.05, 3.63) is 33.7 Å². The molecular formula is C12H10BrNS2. The van der Waals surface area contributed by atoms with Crippen LogP contribution in [-0.2, 0) is 6.42 Å². The summed E-state index contributed by atoms with van der Waals surface area (Å²) in [5.41, 5.74) is 2.73. The van der Waals surface area contributed by atoms with Crippen molar-refractivity contribution in [2.24, 2.45) is 0 Å². The van der Waals surface area contributed by atoms with Gasteiger partial charge in [0.15, 0.2) is 0 Å². The van der Waals surface area contributed by atoms with Crippen molar-refractivity contribution in [2.75, 3.05) is 5.75 Å². The molecule has 0 saturated heterocycles. The third-order valence-corrected chi connectivity index (χ3v) is 5.43. The van der Waals surface area contributed by atoms with Crippen LogP contribution in [-0.4, -0.2) is 10.7 Å². The number of rotatable bonds is 1. The van der Waals surface area contributed by atoms with Crippen LogP contribution in [0, 0.1) is 0 Å². The van der Waals surface area contributed by atoms with Crippen LogP contribution in [0.5, 0.6) is 0 Å². The fourth-order valence-electron chi connectivity index (χ4n) is 1.88. The smallest absolute Gasteiger partial charge is 0.124 e. The van der Waals surface area contributed by atoms with Gasteiger partial charge in [0.05, 0.1) is 0 Å². The standard InChI is InChI=1S/C12H10BrNS2/c13-11-7-16-12(14-11)9-3-4-10-8(6-9)2-1-5-15-10/h3-4,6-7H,1-2,5H2. The van der Waals surface area contributed by atoms with E-state index in [-0.39, 0.29) is 0 Å². The topological polar surface area (TPSA) is 12.9 Å². The lowest BCUT2D eigenvalue weighted by Crippen LogP contribution is -1.98. The summed E-state index contributed by atoms with van der Waals surface area (Å²) in [4.78, 5) is 5.91. The molecule has 1 aliphatic heterocycles. The van der Waals surface area contributed by atoms with Gasteiger partial charge in [0.2, 0.25) is 0 Å². The van der Waals surface area contributed by atoms with Gasteiger partial charge in [-0.2, -0.15) is 0 Å². The van der Waals surface area contributed by atoms with E-state index in [1.807, 2.05) is 17.1 Å². The van der Waals surface area contributed by atoms with E-state index in [2.05, 4.69) is 39.1 Å². The Hall–Kier alpha value is -0.320. The van der Waals surface area contributed by atoms with Crippen LogP contribution >= 0.6 is 39.0 Å². The van der Waals surface area contributed by atoms with Crippen LogP contribution in [0.15, 0.2) is 33.1 Å². The van der Waals surface area contributed by atoms with E-state index in [9.17, 15) is 0 Å². The van der Waals surface area contributed by atoms with Gasteiger partial charge in [-0.05, 0) is 52.2 Å². The molecule has 2 heterocycles. The number of thioether (sulfide) groups is 1. The monoisotopic (exact) mass is 311 g/mol. The number of fused-ring (bicyclic) bond motifs is 1. The van der Waals surface area contributed by atoms with Gasteiger partial charge in [-0.15, -0.1) is 23.1 Å². The number of halogens is 1. The summed E-state index contributed by atoms with van der Waals surface area (Å²) in [6.07, 6.45) is 2.51. The lowest BCUT2D eigenvalue weighted by Gasteiger charge is -2.15. The quantitative estimate of drug-likeness (QED) is 0.762.